The number of hydrogen-bond acceptors (Lipinski definition) is 8. The largest absolute Gasteiger partial charge is 0.469 e. The summed E-state index contributed by atoms with van der Waals surface area (Å²) < 4.78 is 4.55. The van der Waals surface area contributed by atoms with Gasteiger partial charge < -0.3 is 4.74 Å². The SMILES string of the molecule is COC(=O)Cc1csc(N/N=C\c2ccc(Cl)c([N+](=O)[O-])c2)n1. The summed E-state index contributed by atoms with van der Waals surface area (Å²) in [4.78, 5) is 25.5. The van der Waals surface area contributed by atoms with Crippen molar-refractivity contribution in [1.82, 2.24) is 4.98 Å². The van der Waals surface area contributed by atoms with Crippen molar-refractivity contribution in [2.45, 2.75) is 6.42 Å². The van der Waals surface area contributed by atoms with Gasteiger partial charge in [-0.3, -0.25) is 20.3 Å². The minimum atomic E-state index is -0.562. The van der Waals surface area contributed by atoms with Crippen LogP contribution < -0.4 is 5.43 Å². The molecule has 0 amide bonds. The van der Waals surface area contributed by atoms with Crippen molar-refractivity contribution < 1.29 is 14.5 Å². The number of rotatable bonds is 6. The fourth-order valence-electron chi connectivity index (χ4n) is 1.57. The van der Waals surface area contributed by atoms with Gasteiger partial charge in [0, 0.05) is 17.0 Å². The number of carbonyl (C=O) groups is 1. The number of thiazole rings is 1. The predicted molar refractivity (Wildman–Crippen MR) is 87.2 cm³/mol. The number of nitro groups is 1. The standard InChI is InChI=1S/C13H11ClN4O4S/c1-22-12(19)5-9-7-23-13(16-9)17-15-6-8-2-3-10(14)11(4-8)18(20)21/h2-4,6-7H,5H2,1H3,(H,16,17)/b15-6-. The molecule has 0 aliphatic heterocycles. The maximum atomic E-state index is 11.1. The van der Waals surface area contributed by atoms with Crippen LogP contribution in [0.25, 0.3) is 0 Å². The third kappa shape index (κ3) is 4.73. The van der Waals surface area contributed by atoms with Crippen molar-refractivity contribution in [3.05, 3.63) is 50.0 Å². The minimum Gasteiger partial charge on any atom is -0.469 e. The summed E-state index contributed by atoms with van der Waals surface area (Å²) in [6.07, 6.45) is 1.49. The normalized spacial score (nSPS) is 10.7. The lowest BCUT2D eigenvalue weighted by molar-refractivity contribution is -0.384. The van der Waals surface area contributed by atoms with E-state index in [0.717, 1.165) is 0 Å². The van der Waals surface area contributed by atoms with E-state index in [9.17, 15) is 14.9 Å². The first-order chi connectivity index (χ1) is 11.0. The van der Waals surface area contributed by atoms with E-state index in [1.54, 1.807) is 11.4 Å². The number of nitrogens with one attached hydrogen (secondary N) is 1. The molecule has 10 heteroatoms. The van der Waals surface area contributed by atoms with Crippen LogP contribution >= 0.6 is 22.9 Å². The fourth-order valence-corrected chi connectivity index (χ4v) is 2.42. The van der Waals surface area contributed by atoms with E-state index in [4.69, 9.17) is 11.6 Å². The van der Waals surface area contributed by atoms with Crippen LogP contribution in [0, 0.1) is 10.1 Å². The van der Waals surface area contributed by atoms with Crippen molar-refractivity contribution in [2.75, 3.05) is 12.5 Å². The number of benzene rings is 1. The first-order valence-corrected chi connectivity index (χ1v) is 7.49. The second-order valence-corrected chi connectivity index (χ2v) is 5.50. The minimum absolute atomic E-state index is 0.0625. The third-order valence-corrected chi connectivity index (χ3v) is 3.76. The van der Waals surface area contributed by atoms with Gasteiger partial charge in [-0.15, -0.1) is 11.3 Å². The molecule has 0 atom stereocenters. The van der Waals surface area contributed by atoms with Gasteiger partial charge in [-0.05, 0) is 6.07 Å². The van der Waals surface area contributed by atoms with E-state index in [0.29, 0.717) is 16.4 Å². The molecule has 1 aromatic carbocycles. The summed E-state index contributed by atoms with van der Waals surface area (Å²) in [5.41, 5.74) is 3.59. The number of esters is 1. The van der Waals surface area contributed by atoms with Crippen molar-refractivity contribution in [2.24, 2.45) is 5.10 Å². The zero-order chi connectivity index (χ0) is 16.8. The van der Waals surface area contributed by atoms with Crippen molar-refractivity contribution in [3.63, 3.8) is 0 Å². The molecule has 120 valence electrons. The predicted octanol–water partition coefficient (Wildman–Crippen LogP) is 2.87. The number of hydrogen-bond donors (Lipinski definition) is 1. The number of carbonyl (C=O) groups excluding carboxylic acids is 1. The zero-order valence-electron chi connectivity index (χ0n) is 11.9. The Morgan fingerprint density at radius 2 is 2.39 bits per heavy atom. The van der Waals surface area contributed by atoms with E-state index in [-0.39, 0.29) is 23.1 Å². The van der Waals surface area contributed by atoms with E-state index in [1.165, 1.54) is 36.8 Å². The highest BCUT2D eigenvalue weighted by Crippen LogP contribution is 2.24. The Morgan fingerprint density at radius 3 is 3.09 bits per heavy atom. The molecule has 0 aliphatic rings. The third-order valence-electron chi connectivity index (χ3n) is 2.65. The molecular weight excluding hydrogens is 344 g/mol. The second kappa shape index (κ2) is 7.65. The van der Waals surface area contributed by atoms with Crippen LogP contribution in [0.3, 0.4) is 0 Å². The Balaban J connectivity index is 2.00. The van der Waals surface area contributed by atoms with Gasteiger partial charge >= 0.3 is 5.97 Å². The molecule has 0 spiro atoms. The highest BCUT2D eigenvalue weighted by Gasteiger charge is 2.12. The molecule has 0 fully saturated rings. The molecule has 2 aromatic rings. The second-order valence-electron chi connectivity index (χ2n) is 4.23. The monoisotopic (exact) mass is 354 g/mol. The van der Waals surface area contributed by atoms with Gasteiger partial charge in [-0.25, -0.2) is 4.98 Å². The summed E-state index contributed by atoms with van der Waals surface area (Å²) in [6, 6.07) is 4.35. The van der Waals surface area contributed by atoms with E-state index < -0.39 is 4.92 Å². The molecule has 23 heavy (non-hydrogen) atoms. The Hall–Kier alpha value is -2.52. The topological polar surface area (TPSA) is 107 Å². The van der Waals surface area contributed by atoms with Crippen molar-refractivity contribution >= 4 is 45.9 Å². The van der Waals surface area contributed by atoms with E-state index >= 15 is 0 Å². The number of ether oxygens (including phenoxy) is 1. The van der Waals surface area contributed by atoms with Gasteiger partial charge in [0.15, 0.2) is 0 Å². The van der Waals surface area contributed by atoms with Crippen molar-refractivity contribution in [3.8, 4) is 0 Å². The van der Waals surface area contributed by atoms with Gasteiger partial charge in [-0.1, -0.05) is 17.7 Å². The highest BCUT2D eigenvalue weighted by molar-refractivity contribution is 7.13. The van der Waals surface area contributed by atoms with Crippen LogP contribution in [0.2, 0.25) is 5.02 Å². The molecule has 0 saturated carbocycles. The van der Waals surface area contributed by atoms with Gasteiger partial charge in [-0.2, -0.15) is 5.10 Å². The van der Waals surface area contributed by atoms with Gasteiger partial charge in [0.1, 0.15) is 5.02 Å². The molecule has 0 aliphatic carbocycles. The first-order valence-electron chi connectivity index (χ1n) is 6.24. The molecule has 0 saturated heterocycles. The molecule has 0 unspecified atom stereocenters. The van der Waals surface area contributed by atoms with Crippen LogP contribution in [-0.4, -0.2) is 29.2 Å². The van der Waals surface area contributed by atoms with Gasteiger partial charge in [0.2, 0.25) is 5.13 Å². The summed E-state index contributed by atoms with van der Waals surface area (Å²) in [5.74, 6) is -0.376. The number of halogens is 1. The molecule has 1 N–H and O–H groups in total. The molecule has 0 radical (unpaired) electrons. The average molecular weight is 355 g/mol. The lowest BCUT2D eigenvalue weighted by Crippen LogP contribution is -2.04. The Bertz CT molecular complexity index is 762. The van der Waals surface area contributed by atoms with Crippen LogP contribution in [0.4, 0.5) is 10.8 Å². The van der Waals surface area contributed by atoms with Crippen LogP contribution in [0.5, 0.6) is 0 Å². The lowest BCUT2D eigenvalue weighted by Gasteiger charge is -1.97. The fraction of sp³-hybridized carbons (Fsp3) is 0.154. The quantitative estimate of drug-likeness (QED) is 0.370. The van der Waals surface area contributed by atoms with E-state index in [1.807, 2.05) is 0 Å². The van der Waals surface area contributed by atoms with Gasteiger partial charge in [0.25, 0.3) is 5.69 Å². The zero-order valence-corrected chi connectivity index (χ0v) is 13.4. The number of hydrazone groups is 1. The molecular formula is C13H11ClN4O4S. The Kier molecular flexibility index (Phi) is 5.61. The van der Waals surface area contributed by atoms with Gasteiger partial charge in [0.05, 0.1) is 30.4 Å². The Labute approximate surface area is 139 Å². The van der Waals surface area contributed by atoms with Crippen LogP contribution in [0.15, 0.2) is 28.7 Å². The summed E-state index contributed by atoms with van der Waals surface area (Å²) in [6.45, 7) is 0. The molecule has 1 aromatic heterocycles. The molecule has 2 rings (SSSR count). The number of nitro benzene ring substituents is 1. The summed E-state index contributed by atoms with van der Waals surface area (Å²) in [5, 5.41) is 17.0. The van der Waals surface area contributed by atoms with E-state index in [2.05, 4.69) is 20.2 Å². The smallest absolute Gasteiger partial charge is 0.311 e. The summed E-state index contributed by atoms with van der Waals surface area (Å²) in [7, 11) is 1.31. The molecule has 0 bridgehead atoms. The van der Waals surface area contributed by atoms with Crippen LogP contribution in [0.1, 0.15) is 11.3 Å². The summed E-state index contributed by atoms with van der Waals surface area (Å²) >= 11 is 7.00. The molecule has 8 nitrogen and oxygen atoms in total. The maximum absolute atomic E-state index is 11.1. The van der Waals surface area contributed by atoms with Crippen LogP contribution in [-0.2, 0) is 16.0 Å². The number of methoxy groups -OCH3 is 1. The lowest BCUT2D eigenvalue weighted by atomic mass is 10.2. The maximum Gasteiger partial charge on any atom is 0.311 e. The average Bonchev–Trinajstić information content (AvgIpc) is 2.96. The highest BCUT2D eigenvalue weighted by atomic mass is 35.5. The number of aromatic nitrogens is 1. The number of anilines is 1. The molecule has 1 heterocycles. The first kappa shape index (κ1) is 16.8. The Morgan fingerprint density at radius 1 is 1.61 bits per heavy atom. The number of nitrogens with zero attached hydrogens (tertiary/aromatic N) is 3. The van der Waals surface area contributed by atoms with Crippen molar-refractivity contribution in [1.29, 1.82) is 0 Å².